The molecule has 0 radical (unpaired) electrons. The Morgan fingerprint density at radius 1 is 1.28 bits per heavy atom. The molecule has 136 valence electrons. The van der Waals surface area contributed by atoms with Crippen LogP contribution >= 0.6 is 11.8 Å². The molecule has 10 heteroatoms. The van der Waals surface area contributed by atoms with E-state index in [4.69, 9.17) is 4.74 Å². The highest BCUT2D eigenvalue weighted by molar-refractivity contribution is 7.99. The maximum absolute atomic E-state index is 12.9. The Balaban J connectivity index is 1.71. The molecule has 25 heavy (non-hydrogen) atoms. The third-order valence-electron chi connectivity index (χ3n) is 3.80. The number of ether oxygens (including phenoxy) is 1. The molecular formula is C15H17F3N4O2S. The number of nitrogens with zero attached hydrogens (tertiary/aromatic N) is 4. The Morgan fingerprint density at radius 2 is 1.96 bits per heavy atom. The Bertz CT molecular complexity index is 770. The lowest BCUT2D eigenvalue weighted by atomic mass is 10.2. The van der Waals surface area contributed by atoms with Crippen LogP contribution in [-0.4, -0.2) is 56.5 Å². The van der Waals surface area contributed by atoms with E-state index >= 15 is 0 Å². The first-order valence-electron chi connectivity index (χ1n) is 7.72. The molecule has 1 fully saturated rings. The Hall–Kier alpha value is -1.81. The van der Waals surface area contributed by atoms with Gasteiger partial charge >= 0.3 is 6.18 Å². The molecule has 2 atom stereocenters. The van der Waals surface area contributed by atoms with Crippen molar-refractivity contribution in [1.82, 2.24) is 19.5 Å². The number of rotatable bonds is 3. The highest BCUT2D eigenvalue weighted by atomic mass is 32.2. The first-order chi connectivity index (χ1) is 11.7. The molecule has 2 aromatic heterocycles. The minimum Gasteiger partial charge on any atom is -0.372 e. The molecule has 1 amide bonds. The van der Waals surface area contributed by atoms with E-state index in [0.717, 1.165) is 24.0 Å². The van der Waals surface area contributed by atoms with Crippen LogP contribution in [0.4, 0.5) is 13.2 Å². The molecule has 0 aliphatic carbocycles. The number of alkyl halides is 3. The summed E-state index contributed by atoms with van der Waals surface area (Å²) in [5.74, 6) is -0.0213. The largest absolute Gasteiger partial charge is 0.417 e. The standard InChI is InChI=1S/C15H17F3N4O2S/c1-9-5-21(6-10(2)24-9)13(23)8-25-14-20-19-12-4-3-11(7-22(12)14)15(16,17)18/h3-4,7,9-10H,5-6,8H2,1-2H3. The minimum absolute atomic E-state index is 0.0408. The van der Waals surface area contributed by atoms with Gasteiger partial charge in [-0.1, -0.05) is 11.8 Å². The summed E-state index contributed by atoms with van der Waals surface area (Å²) in [6, 6.07) is 2.22. The maximum Gasteiger partial charge on any atom is 0.417 e. The number of aromatic nitrogens is 3. The lowest BCUT2D eigenvalue weighted by molar-refractivity contribution is -0.140. The smallest absolute Gasteiger partial charge is 0.372 e. The fourth-order valence-corrected chi connectivity index (χ4v) is 3.55. The zero-order valence-corrected chi connectivity index (χ0v) is 14.5. The van der Waals surface area contributed by atoms with Gasteiger partial charge < -0.3 is 9.64 Å². The molecule has 1 saturated heterocycles. The number of hydrogen-bond donors (Lipinski definition) is 0. The van der Waals surface area contributed by atoms with Crippen LogP contribution in [0.25, 0.3) is 5.65 Å². The van der Waals surface area contributed by atoms with Gasteiger partial charge in [0.05, 0.1) is 23.5 Å². The number of morpholine rings is 1. The fourth-order valence-electron chi connectivity index (χ4n) is 2.73. The van der Waals surface area contributed by atoms with Crippen LogP contribution in [0.2, 0.25) is 0 Å². The molecule has 2 aromatic rings. The molecule has 0 bridgehead atoms. The number of amides is 1. The van der Waals surface area contributed by atoms with Crippen LogP contribution in [-0.2, 0) is 15.7 Å². The number of carbonyl (C=O) groups is 1. The summed E-state index contributed by atoms with van der Waals surface area (Å²) >= 11 is 1.07. The van der Waals surface area contributed by atoms with Crippen LogP contribution in [0.5, 0.6) is 0 Å². The molecule has 2 unspecified atom stereocenters. The second-order valence-corrected chi connectivity index (χ2v) is 6.91. The molecule has 0 aromatic carbocycles. The second kappa shape index (κ2) is 6.83. The van der Waals surface area contributed by atoms with Gasteiger partial charge in [-0.2, -0.15) is 13.2 Å². The van der Waals surface area contributed by atoms with E-state index in [0.29, 0.717) is 18.7 Å². The van der Waals surface area contributed by atoms with Gasteiger partial charge in [0.25, 0.3) is 0 Å². The monoisotopic (exact) mass is 374 g/mol. The normalized spacial score (nSPS) is 21.7. The molecule has 3 rings (SSSR count). The van der Waals surface area contributed by atoms with E-state index in [-0.39, 0.29) is 29.0 Å². The first-order valence-corrected chi connectivity index (χ1v) is 8.70. The van der Waals surface area contributed by atoms with E-state index < -0.39 is 11.7 Å². The van der Waals surface area contributed by atoms with Gasteiger partial charge in [0, 0.05) is 19.3 Å². The number of hydrogen-bond acceptors (Lipinski definition) is 5. The van der Waals surface area contributed by atoms with Crippen LogP contribution in [0.15, 0.2) is 23.5 Å². The van der Waals surface area contributed by atoms with E-state index in [2.05, 4.69) is 10.2 Å². The second-order valence-electron chi connectivity index (χ2n) is 5.97. The van der Waals surface area contributed by atoms with Gasteiger partial charge in [-0.05, 0) is 26.0 Å². The first kappa shape index (κ1) is 18.0. The molecular weight excluding hydrogens is 357 g/mol. The van der Waals surface area contributed by atoms with Crippen LogP contribution < -0.4 is 0 Å². The Labute approximate surface area is 146 Å². The van der Waals surface area contributed by atoms with Crippen molar-refractivity contribution in [1.29, 1.82) is 0 Å². The van der Waals surface area contributed by atoms with E-state index in [1.54, 1.807) is 4.90 Å². The maximum atomic E-state index is 12.9. The average molecular weight is 374 g/mol. The molecule has 3 heterocycles. The lowest BCUT2D eigenvalue weighted by Crippen LogP contribution is -2.48. The van der Waals surface area contributed by atoms with Gasteiger partial charge in [0.15, 0.2) is 10.8 Å². The summed E-state index contributed by atoms with van der Waals surface area (Å²) in [5.41, 5.74) is -0.486. The fraction of sp³-hybridized carbons (Fsp3) is 0.533. The molecule has 0 spiro atoms. The molecule has 6 nitrogen and oxygen atoms in total. The predicted octanol–water partition coefficient (Wildman–Crippen LogP) is 2.48. The summed E-state index contributed by atoms with van der Waals surface area (Å²) in [4.78, 5) is 14.1. The minimum atomic E-state index is -4.45. The zero-order chi connectivity index (χ0) is 18.2. The Kier molecular flexibility index (Phi) is 4.92. The van der Waals surface area contributed by atoms with Crippen LogP contribution in [0.3, 0.4) is 0 Å². The van der Waals surface area contributed by atoms with Crippen molar-refractivity contribution < 1.29 is 22.7 Å². The molecule has 0 saturated carbocycles. The van der Waals surface area contributed by atoms with Crippen LogP contribution in [0.1, 0.15) is 19.4 Å². The highest BCUT2D eigenvalue weighted by Gasteiger charge is 2.31. The number of thioether (sulfide) groups is 1. The summed E-state index contributed by atoms with van der Waals surface area (Å²) in [6.07, 6.45) is -3.58. The summed E-state index contributed by atoms with van der Waals surface area (Å²) in [6.45, 7) is 4.80. The number of pyridine rings is 1. The summed E-state index contributed by atoms with van der Waals surface area (Å²) in [7, 11) is 0. The van der Waals surface area contributed by atoms with E-state index in [1.165, 1.54) is 10.5 Å². The third-order valence-corrected chi connectivity index (χ3v) is 4.72. The average Bonchev–Trinajstić information content (AvgIpc) is 2.93. The van der Waals surface area contributed by atoms with Crippen LogP contribution in [0, 0.1) is 0 Å². The van der Waals surface area contributed by atoms with Gasteiger partial charge in [-0.3, -0.25) is 9.20 Å². The van der Waals surface area contributed by atoms with Gasteiger partial charge in [0.1, 0.15) is 0 Å². The quantitative estimate of drug-likeness (QED) is 0.773. The van der Waals surface area contributed by atoms with Crippen molar-refractivity contribution >= 4 is 23.3 Å². The van der Waals surface area contributed by atoms with E-state index in [1.807, 2.05) is 13.8 Å². The van der Waals surface area contributed by atoms with Gasteiger partial charge in [0.2, 0.25) is 5.91 Å². The topological polar surface area (TPSA) is 59.7 Å². The predicted molar refractivity (Wildman–Crippen MR) is 85.3 cm³/mol. The molecule has 1 aliphatic rings. The van der Waals surface area contributed by atoms with Gasteiger partial charge in [-0.25, -0.2) is 0 Å². The lowest BCUT2D eigenvalue weighted by Gasteiger charge is -2.35. The van der Waals surface area contributed by atoms with Crippen molar-refractivity contribution in [2.75, 3.05) is 18.8 Å². The number of fused-ring (bicyclic) bond motifs is 1. The SMILES string of the molecule is CC1CN(C(=O)CSc2nnc3ccc(C(F)(F)F)cn23)CC(C)O1. The number of halogens is 3. The molecule has 1 aliphatic heterocycles. The van der Waals surface area contributed by atoms with Crippen molar-refractivity contribution in [3.63, 3.8) is 0 Å². The zero-order valence-electron chi connectivity index (χ0n) is 13.7. The van der Waals surface area contributed by atoms with Gasteiger partial charge in [-0.15, -0.1) is 10.2 Å². The van der Waals surface area contributed by atoms with Crippen molar-refractivity contribution in [2.24, 2.45) is 0 Å². The summed E-state index contributed by atoms with van der Waals surface area (Å²) < 4.78 is 45.4. The van der Waals surface area contributed by atoms with Crippen molar-refractivity contribution in [2.45, 2.75) is 37.4 Å². The summed E-state index contributed by atoms with van der Waals surface area (Å²) in [5, 5.41) is 7.97. The van der Waals surface area contributed by atoms with Crippen molar-refractivity contribution in [3.05, 3.63) is 23.9 Å². The molecule has 0 N–H and O–H groups in total. The Morgan fingerprint density at radius 3 is 2.60 bits per heavy atom. The number of carbonyl (C=O) groups excluding carboxylic acids is 1. The van der Waals surface area contributed by atoms with Crippen molar-refractivity contribution in [3.8, 4) is 0 Å². The van der Waals surface area contributed by atoms with E-state index in [9.17, 15) is 18.0 Å². The highest BCUT2D eigenvalue weighted by Crippen LogP contribution is 2.30. The third kappa shape index (κ3) is 4.06.